The van der Waals surface area contributed by atoms with Gasteiger partial charge in [-0.15, -0.1) is 0 Å². The molecule has 3 heteroatoms. The number of aldehydes is 1. The molecule has 0 amide bonds. The lowest BCUT2D eigenvalue weighted by Gasteiger charge is -2.00. The molecular formula is C7H10BrNO. The third kappa shape index (κ3) is 5.56. The van der Waals surface area contributed by atoms with Gasteiger partial charge < -0.3 is 4.90 Å². The Hall–Kier alpha value is -0.570. The summed E-state index contributed by atoms with van der Waals surface area (Å²) in [6.45, 7) is 0. The normalized spacial score (nSPS) is 12.1. The third-order valence-electron chi connectivity index (χ3n) is 0.752. The van der Waals surface area contributed by atoms with Gasteiger partial charge in [0, 0.05) is 14.1 Å². The molecule has 0 rings (SSSR count). The van der Waals surface area contributed by atoms with Gasteiger partial charge >= 0.3 is 0 Å². The van der Waals surface area contributed by atoms with Crippen molar-refractivity contribution in [3.05, 3.63) is 22.8 Å². The molecule has 56 valence electrons. The van der Waals surface area contributed by atoms with Crippen molar-refractivity contribution < 1.29 is 4.79 Å². The molecule has 0 aromatic heterocycles. The van der Waals surface area contributed by atoms with Crippen LogP contribution in [0.4, 0.5) is 0 Å². The van der Waals surface area contributed by atoms with Gasteiger partial charge in [-0.3, -0.25) is 4.79 Å². The summed E-state index contributed by atoms with van der Waals surface area (Å²) in [6, 6.07) is 0. The first-order chi connectivity index (χ1) is 4.66. The fourth-order valence-corrected chi connectivity index (χ4v) is 0.499. The zero-order chi connectivity index (χ0) is 7.98. The first-order valence-corrected chi connectivity index (χ1v) is 3.61. The van der Waals surface area contributed by atoms with Crippen LogP contribution in [0.1, 0.15) is 0 Å². The molecule has 10 heavy (non-hydrogen) atoms. The van der Waals surface area contributed by atoms with Gasteiger partial charge in [-0.2, -0.15) is 0 Å². The fraction of sp³-hybridized carbons (Fsp3) is 0.286. The topological polar surface area (TPSA) is 20.3 Å². The van der Waals surface area contributed by atoms with Gasteiger partial charge in [0.1, 0.15) is 0 Å². The second-order valence-corrected chi connectivity index (χ2v) is 2.89. The van der Waals surface area contributed by atoms with E-state index in [1.165, 1.54) is 0 Å². The molecule has 0 unspecified atom stereocenters. The minimum Gasteiger partial charge on any atom is -0.383 e. The highest BCUT2D eigenvalue weighted by Gasteiger charge is 1.80. The lowest BCUT2D eigenvalue weighted by Crippen LogP contribution is -1.99. The van der Waals surface area contributed by atoms with Gasteiger partial charge in [0.05, 0.1) is 4.48 Å². The number of halogens is 1. The van der Waals surface area contributed by atoms with E-state index >= 15 is 0 Å². The van der Waals surface area contributed by atoms with Crippen LogP contribution in [-0.2, 0) is 4.79 Å². The first-order valence-electron chi connectivity index (χ1n) is 2.82. The summed E-state index contributed by atoms with van der Waals surface area (Å²) in [5.74, 6) is 0. The summed E-state index contributed by atoms with van der Waals surface area (Å²) in [5, 5.41) is 0. The minimum atomic E-state index is 0.547. The molecule has 0 bridgehead atoms. The Kier molecular flexibility index (Phi) is 4.94. The summed E-state index contributed by atoms with van der Waals surface area (Å²) < 4.78 is 0.547. The van der Waals surface area contributed by atoms with Crippen LogP contribution >= 0.6 is 15.9 Å². The number of carbonyl (C=O) groups is 1. The summed E-state index contributed by atoms with van der Waals surface area (Å²) >= 11 is 3.05. The smallest absolute Gasteiger partial charge is 0.157 e. The van der Waals surface area contributed by atoms with E-state index in [0.717, 1.165) is 6.29 Å². The Morgan fingerprint density at radius 3 is 2.50 bits per heavy atom. The zero-order valence-corrected chi connectivity index (χ0v) is 7.63. The monoisotopic (exact) mass is 203 g/mol. The minimum absolute atomic E-state index is 0.547. The van der Waals surface area contributed by atoms with Crippen molar-refractivity contribution in [1.29, 1.82) is 0 Å². The van der Waals surface area contributed by atoms with Gasteiger partial charge in [-0.25, -0.2) is 0 Å². The molecule has 0 atom stereocenters. The molecule has 0 fully saturated rings. The van der Waals surface area contributed by atoms with Gasteiger partial charge in [0.2, 0.25) is 0 Å². The predicted molar refractivity (Wildman–Crippen MR) is 45.9 cm³/mol. The maximum Gasteiger partial charge on any atom is 0.157 e. The Bertz CT molecular complexity index is 161. The van der Waals surface area contributed by atoms with Crippen molar-refractivity contribution in [2.24, 2.45) is 0 Å². The van der Waals surface area contributed by atoms with E-state index in [1.807, 2.05) is 25.2 Å². The van der Waals surface area contributed by atoms with E-state index in [1.54, 1.807) is 12.2 Å². The summed E-state index contributed by atoms with van der Waals surface area (Å²) in [7, 11) is 3.83. The predicted octanol–water partition coefficient (Wildman–Crippen LogP) is 1.54. The average molecular weight is 204 g/mol. The highest BCUT2D eigenvalue weighted by Crippen LogP contribution is 1.99. The van der Waals surface area contributed by atoms with Crippen LogP contribution in [0.25, 0.3) is 0 Å². The fourth-order valence-electron chi connectivity index (χ4n) is 0.346. The van der Waals surface area contributed by atoms with Crippen LogP contribution in [0.15, 0.2) is 22.8 Å². The highest BCUT2D eigenvalue weighted by molar-refractivity contribution is 9.12. The van der Waals surface area contributed by atoms with Crippen molar-refractivity contribution in [2.45, 2.75) is 0 Å². The second-order valence-electron chi connectivity index (χ2n) is 1.97. The van der Waals surface area contributed by atoms with Crippen LogP contribution in [0.5, 0.6) is 0 Å². The van der Waals surface area contributed by atoms with E-state index in [4.69, 9.17) is 0 Å². The molecule has 2 nitrogen and oxygen atoms in total. The van der Waals surface area contributed by atoms with E-state index in [0.29, 0.717) is 4.48 Å². The first kappa shape index (κ1) is 9.43. The van der Waals surface area contributed by atoms with Crippen molar-refractivity contribution in [3.63, 3.8) is 0 Å². The van der Waals surface area contributed by atoms with Crippen molar-refractivity contribution in [2.75, 3.05) is 14.1 Å². The second kappa shape index (κ2) is 5.23. The lowest BCUT2D eigenvalue weighted by molar-refractivity contribution is -0.104. The maximum absolute atomic E-state index is 10.0. The molecule has 0 aromatic carbocycles. The summed E-state index contributed by atoms with van der Waals surface area (Å²) in [5.41, 5.74) is 0. The molecule has 0 aliphatic rings. The molecule has 0 saturated heterocycles. The Morgan fingerprint density at radius 1 is 1.50 bits per heavy atom. The summed E-state index contributed by atoms with van der Waals surface area (Å²) in [6.07, 6.45) is 6.08. The molecule has 0 saturated carbocycles. The number of carbonyl (C=O) groups excluding carboxylic acids is 1. The van der Waals surface area contributed by atoms with Crippen LogP contribution in [0.2, 0.25) is 0 Å². The molecule has 0 aliphatic heterocycles. The van der Waals surface area contributed by atoms with E-state index in [9.17, 15) is 4.79 Å². The van der Waals surface area contributed by atoms with Crippen LogP contribution < -0.4 is 0 Å². The summed E-state index contributed by atoms with van der Waals surface area (Å²) in [4.78, 5) is 11.9. The molecule has 0 spiro atoms. The van der Waals surface area contributed by atoms with Crippen molar-refractivity contribution in [1.82, 2.24) is 4.90 Å². The highest BCUT2D eigenvalue weighted by atomic mass is 79.9. The quantitative estimate of drug-likeness (QED) is 0.394. The SMILES string of the molecule is CN(C)/C=C/C=C(\Br)C=O. The number of allylic oxidation sites excluding steroid dienone is 3. The Balaban J connectivity index is 3.81. The Labute approximate surface area is 69.3 Å². The maximum atomic E-state index is 10.0. The van der Waals surface area contributed by atoms with E-state index in [-0.39, 0.29) is 0 Å². The molecule has 0 aliphatic carbocycles. The van der Waals surface area contributed by atoms with E-state index in [2.05, 4.69) is 15.9 Å². The Morgan fingerprint density at radius 2 is 2.10 bits per heavy atom. The van der Waals surface area contributed by atoms with Gasteiger partial charge in [0.15, 0.2) is 6.29 Å². The van der Waals surface area contributed by atoms with Crippen LogP contribution in [0.3, 0.4) is 0 Å². The molecule has 0 radical (unpaired) electrons. The van der Waals surface area contributed by atoms with Crippen molar-refractivity contribution >= 4 is 22.2 Å². The third-order valence-corrected chi connectivity index (χ3v) is 1.20. The number of rotatable bonds is 3. The van der Waals surface area contributed by atoms with Gasteiger partial charge in [-0.1, -0.05) is 0 Å². The number of nitrogens with zero attached hydrogens (tertiary/aromatic N) is 1. The molecule has 0 aromatic rings. The molecule has 0 heterocycles. The molecule has 0 N–H and O–H groups in total. The standard InChI is InChI=1S/C7H10BrNO/c1-9(2)5-3-4-7(8)6-10/h3-6H,1-2H3/b5-3+,7-4-. The van der Waals surface area contributed by atoms with E-state index < -0.39 is 0 Å². The number of hydrogen-bond donors (Lipinski definition) is 0. The number of hydrogen-bond acceptors (Lipinski definition) is 2. The van der Waals surface area contributed by atoms with Crippen LogP contribution in [-0.4, -0.2) is 25.3 Å². The molecular weight excluding hydrogens is 194 g/mol. The average Bonchev–Trinajstić information content (AvgIpc) is 1.87. The van der Waals surface area contributed by atoms with Crippen molar-refractivity contribution in [3.8, 4) is 0 Å². The zero-order valence-electron chi connectivity index (χ0n) is 6.04. The van der Waals surface area contributed by atoms with Crippen LogP contribution in [0, 0.1) is 0 Å². The van der Waals surface area contributed by atoms with Gasteiger partial charge in [0.25, 0.3) is 0 Å². The largest absolute Gasteiger partial charge is 0.383 e. The van der Waals surface area contributed by atoms with Gasteiger partial charge in [-0.05, 0) is 34.3 Å². The lowest BCUT2D eigenvalue weighted by atomic mass is 10.5.